The van der Waals surface area contributed by atoms with E-state index < -0.39 is 5.97 Å². The molecule has 0 fully saturated rings. The molecule has 2 aromatic rings. The fourth-order valence-corrected chi connectivity index (χ4v) is 1.68. The van der Waals surface area contributed by atoms with E-state index in [-0.39, 0.29) is 19.0 Å². The number of carbonyl (C=O) groups excluding carboxylic acids is 1. The molecule has 0 radical (unpaired) electrons. The molecule has 0 unspecified atom stereocenters. The van der Waals surface area contributed by atoms with Gasteiger partial charge in [0, 0.05) is 18.2 Å². The highest BCUT2D eigenvalue weighted by Gasteiger charge is 2.04. The van der Waals surface area contributed by atoms with Gasteiger partial charge in [0.25, 0.3) is 0 Å². The van der Waals surface area contributed by atoms with Crippen molar-refractivity contribution < 1.29 is 19.2 Å². The molecular weight excluding hydrogens is 274 g/mol. The first-order valence-corrected chi connectivity index (χ1v) is 6.38. The first-order valence-electron chi connectivity index (χ1n) is 6.38. The number of benzene rings is 1. The molecule has 0 bridgehead atoms. The van der Waals surface area contributed by atoms with Gasteiger partial charge in [-0.25, -0.2) is 4.79 Å². The van der Waals surface area contributed by atoms with E-state index in [9.17, 15) is 9.59 Å². The number of anilines is 1. The first kappa shape index (κ1) is 14.6. The molecule has 3 N–H and O–H groups in total. The molecule has 2 rings (SSSR count). The van der Waals surface area contributed by atoms with Crippen molar-refractivity contribution in [3.8, 4) is 0 Å². The standard InChI is InChI=1S/C14H15N3O4/c18-13(19)6-3-10-1-4-11(5-2-10)17-14(20)15-9-12-7-8-16-21-12/h1-2,4-5,7-8H,3,6,9H2,(H,18,19)(H2,15,17,20). The van der Waals surface area contributed by atoms with Crippen molar-refractivity contribution in [1.29, 1.82) is 0 Å². The quantitative estimate of drug-likeness (QED) is 0.754. The van der Waals surface area contributed by atoms with Gasteiger partial charge in [-0.3, -0.25) is 4.79 Å². The number of hydrogen-bond donors (Lipinski definition) is 3. The lowest BCUT2D eigenvalue weighted by Gasteiger charge is -2.07. The number of carbonyl (C=O) groups is 2. The Balaban J connectivity index is 1.79. The lowest BCUT2D eigenvalue weighted by molar-refractivity contribution is -0.136. The Labute approximate surface area is 120 Å². The number of carboxylic acids is 1. The summed E-state index contributed by atoms with van der Waals surface area (Å²) < 4.78 is 4.86. The van der Waals surface area contributed by atoms with Gasteiger partial charge in [-0.15, -0.1) is 0 Å². The molecule has 0 saturated heterocycles. The molecule has 0 atom stereocenters. The van der Waals surface area contributed by atoms with E-state index in [0.29, 0.717) is 17.9 Å². The van der Waals surface area contributed by atoms with Crippen molar-refractivity contribution in [1.82, 2.24) is 10.5 Å². The third-order valence-electron chi connectivity index (χ3n) is 2.75. The van der Waals surface area contributed by atoms with Crippen LogP contribution >= 0.6 is 0 Å². The van der Waals surface area contributed by atoms with E-state index in [2.05, 4.69) is 15.8 Å². The zero-order valence-electron chi connectivity index (χ0n) is 11.2. The van der Waals surface area contributed by atoms with Crippen LogP contribution in [0.2, 0.25) is 0 Å². The summed E-state index contributed by atoms with van der Waals surface area (Å²) >= 11 is 0. The molecule has 0 aliphatic carbocycles. The van der Waals surface area contributed by atoms with Crippen molar-refractivity contribution in [3.63, 3.8) is 0 Å². The average molecular weight is 289 g/mol. The normalized spacial score (nSPS) is 10.1. The second-order valence-corrected chi connectivity index (χ2v) is 4.38. The number of aliphatic carboxylic acids is 1. The van der Waals surface area contributed by atoms with Crippen LogP contribution < -0.4 is 10.6 Å². The maximum absolute atomic E-state index is 11.6. The molecule has 7 nitrogen and oxygen atoms in total. The fourth-order valence-electron chi connectivity index (χ4n) is 1.68. The van der Waals surface area contributed by atoms with Crippen LogP contribution in [0.4, 0.5) is 10.5 Å². The molecule has 1 heterocycles. The van der Waals surface area contributed by atoms with E-state index in [1.54, 1.807) is 30.3 Å². The second-order valence-electron chi connectivity index (χ2n) is 4.38. The molecule has 0 spiro atoms. The molecule has 1 aromatic carbocycles. The molecule has 0 saturated carbocycles. The van der Waals surface area contributed by atoms with Gasteiger partial charge in [-0.05, 0) is 24.1 Å². The summed E-state index contributed by atoms with van der Waals surface area (Å²) in [5.74, 6) is -0.266. The summed E-state index contributed by atoms with van der Waals surface area (Å²) in [7, 11) is 0. The Kier molecular flexibility index (Phi) is 4.92. The van der Waals surface area contributed by atoms with E-state index in [4.69, 9.17) is 9.63 Å². The number of aromatic nitrogens is 1. The van der Waals surface area contributed by atoms with Crippen LogP contribution in [-0.4, -0.2) is 22.3 Å². The van der Waals surface area contributed by atoms with Gasteiger partial charge in [0.1, 0.15) is 0 Å². The zero-order valence-corrected chi connectivity index (χ0v) is 11.2. The number of nitrogens with one attached hydrogen (secondary N) is 2. The van der Waals surface area contributed by atoms with Crippen molar-refractivity contribution in [3.05, 3.63) is 47.9 Å². The Morgan fingerprint density at radius 3 is 2.57 bits per heavy atom. The number of hydrogen-bond acceptors (Lipinski definition) is 4. The number of amides is 2. The first-order chi connectivity index (χ1) is 10.1. The fraction of sp³-hybridized carbons (Fsp3) is 0.214. The van der Waals surface area contributed by atoms with Gasteiger partial charge in [0.2, 0.25) is 0 Å². The maximum Gasteiger partial charge on any atom is 0.319 e. The third kappa shape index (κ3) is 4.98. The number of aryl methyl sites for hydroxylation is 1. The monoisotopic (exact) mass is 289 g/mol. The number of rotatable bonds is 6. The summed E-state index contributed by atoms with van der Waals surface area (Å²) in [6.45, 7) is 0.253. The minimum atomic E-state index is -0.830. The van der Waals surface area contributed by atoms with E-state index in [0.717, 1.165) is 5.56 Å². The highest BCUT2D eigenvalue weighted by molar-refractivity contribution is 5.89. The van der Waals surface area contributed by atoms with Crippen molar-refractivity contribution in [2.75, 3.05) is 5.32 Å². The van der Waals surface area contributed by atoms with E-state index in [1.807, 2.05) is 0 Å². The number of urea groups is 1. The summed E-state index contributed by atoms with van der Waals surface area (Å²) in [5.41, 5.74) is 1.54. The molecule has 1 aromatic heterocycles. The Bertz CT molecular complexity index is 593. The van der Waals surface area contributed by atoms with Crippen LogP contribution in [0.1, 0.15) is 17.7 Å². The van der Waals surface area contributed by atoms with Crippen LogP contribution in [0, 0.1) is 0 Å². The van der Waals surface area contributed by atoms with Crippen molar-refractivity contribution in [2.24, 2.45) is 0 Å². The van der Waals surface area contributed by atoms with Crippen molar-refractivity contribution >= 4 is 17.7 Å². The Morgan fingerprint density at radius 2 is 1.95 bits per heavy atom. The third-order valence-corrected chi connectivity index (χ3v) is 2.75. The van der Waals surface area contributed by atoms with Gasteiger partial charge >= 0.3 is 12.0 Å². The highest BCUT2D eigenvalue weighted by Crippen LogP contribution is 2.11. The minimum Gasteiger partial charge on any atom is -0.481 e. The second kappa shape index (κ2) is 7.09. The Hall–Kier alpha value is -2.83. The lowest BCUT2D eigenvalue weighted by atomic mass is 10.1. The van der Waals surface area contributed by atoms with E-state index in [1.165, 1.54) is 6.20 Å². The van der Waals surface area contributed by atoms with Crippen LogP contribution in [-0.2, 0) is 17.8 Å². The summed E-state index contributed by atoms with van der Waals surface area (Å²) in [6, 6.07) is 8.34. The van der Waals surface area contributed by atoms with Gasteiger partial charge in [0.15, 0.2) is 5.76 Å². The highest BCUT2D eigenvalue weighted by atomic mass is 16.5. The molecule has 0 aliphatic heterocycles. The maximum atomic E-state index is 11.6. The average Bonchev–Trinajstić information content (AvgIpc) is 2.98. The summed E-state index contributed by atoms with van der Waals surface area (Å²) in [6.07, 6.45) is 2.06. The van der Waals surface area contributed by atoms with Gasteiger partial charge < -0.3 is 20.3 Å². The van der Waals surface area contributed by atoms with Gasteiger partial charge in [0.05, 0.1) is 12.7 Å². The molecule has 7 heteroatoms. The van der Waals surface area contributed by atoms with Crippen LogP contribution in [0.5, 0.6) is 0 Å². The van der Waals surface area contributed by atoms with Crippen LogP contribution in [0.25, 0.3) is 0 Å². The predicted molar refractivity (Wildman–Crippen MR) is 74.8 cm³/mol. The summed E-state index contributed by atoms with van der Waals surface area (Å²) in [5, 5.41) is 17.4. The Morgan fingerprint density at radius 1 is 1.19 bits per heavy atom. The number of carboxylic acid groups (broad SMARTS) is 1. The SMILES string of the molecule is O=C(O)CCc1ccc(NC(=O)NCc2ccno2)cc1. The molecule has 2 amide bonds. The number of nitrogens with zero attached hydrogens (tertiary/aromatic N) is 1. The van der Waals surface area contributed by atoms with Gasteiger partial charge in [-0.2, -0.15) is 0 Å². The minimum absolute atomic E-state index is 0.0877. The summed E-state index contributed by atoms with van der Waals surface area (Å²) in [4.78, 5) is 22.1. The van der Waals surface area contributed by atoms with E-state index >= 15 is 0 Å². The zero-order chi connectivity index (χ0) is 15.1. The van der Waals surface area contributed by atoms with Crippen LogP contribution in [0.3, 0.4) is 0 Å². The largest absolute Gasteiger partial charge is 0.481 e. The lowest BCUT2D eigenvalue weighted by Crippen LogP contribution is -2.27. The molecule has 21 heavy (non-hydrogen) atoms. The molecule has 0 aliphatic rings. The molecular formula is C14H15N3O4. The topological polar surface area (TPSA) is 104 Å². The smallest absolute Gasteiger partial charge is 0.319 e. The van der Waals surface area contributed by atoms with Crippen molar-refractivity contribution in [2.45, 2.75) is 19.4 Å². The molecule has 110 valence electrons. The van der Waals surface area contributed by atoms with Gasteiger partial charge in [-0.1, -0.05) is 17.3 Å². The van der Waals surface area contributed by atoms with Crippen LogP contribution in [0.15, 0.2) is 41.1 Å². The predicted octanol–water partition coefficient (Wildman–Crippen LogP) is 2.01.